The predicted octanol–water partition coefficient (Wildman–Crippen LogP) is 2.38. The van der Waals surface area contributed by atoms with E-state index in [0.717, 1.165) is 16.6 Å². The Morgan fingerprint density at radius 3 is 2.42 bits per heavy atom. The van der Waals surface area contributed by atoms with Crippen LogP contribution >= 0.6 is 0 Å². The lowest BCUT2D eigenvalue weighted by atomic mass is 9.77. The van der Waals surface area contributed by atoms with Gasteiger partial charge in [0.2, 0.25) is 0 Å². The minimum absolute atomic E-state index is 0.243. The summed E-state index contributed by atoms with van der Waals surface area (Å²) in [6.07, 6.45) is 2.20. The largest absolute Gasteiger partial charge is 0.491 e. The molecule has 2 rings (SSSR count). The summed E-state index contributed by atoms with van der Waals surface area (Å²) in [6.45, 7) is 8.38. The Morgan fingerprint density at radius 2 is 1.88 bits per heavy atom. The van der Waals surface area contributed by atoms with Crippen LogP contribution in [-0.4, -0.2) is 37.9 Å². The van der Waals surface area contributed by atoms with Crippen LogP contribution in [0.15, 0.2) is 29.7 Å². The molecular formula is C18H26BNO4. The van der Waals surface area contributed by atoms with Gasteiger partial charge >= 0.3 is 13.1 Å². The van der Waals surface area contributed by atoms with Crippen LogP contribution in [0.2, 0.25) is 0 Å². The highest BCUT2D eigenvalue weighted by molar-refractivity contribution is 6.55. The van der Waals surface area contributed by atoms with Gasteiger partial charge in [-0.25, -0.2) is 0 Å². The number of methoxy groups -OCH3 is 1. The van der Waals surface area contributed by atoms with Gasteiger partial charge in [0.1, 0.15) is 0 Å². The van der Waals surface area contributed by atoms with Crippen LogP contribution in [0.4, 0.5) is 0 Å². The number of hydrogen-bond donors (Lipinski definition) is 1. The van der Waals surface area contributed by atoms with Gasteiger partial charge in [-0.3, -0.25) is 4.79 Å². The third-order valence-corrected chi connectivity index (χ3v) is 4.67. The summed E-state index contributed by atoms with van der Waals surface area (Å²) in [5.74, 6) is -0.263. The van der Waals surface area contributed by atoms with Crippen LogP contribution in [0.3, 0.4) is 0 Å². The first-order valence-electron chi connectivity index (χ1n) is 8.10. The van der Waals surface area contributed by atoms with Crippen molar-refractivity contribution in [2.75, 3.05) is 13.7 Å². The molecule has 0 unspecified atom stereocenters. The molecular weight excluding hydrogens is 305 g/mol. The maximum absolute atomic E-state index is 11.4. The smallest absolute Gasteiger partial charge is 0.469 e. The van der Waals surface area contributed by atoms with Crippen molar-refractivity contribution in [3.8, 4) is 0 Å². The zero-order valence-electron chi connectivity index (χ0n) is 15.1. The van der Waals surface area contributed by atoms with Gasteiger partial charge in [-0.15, -0.1) is 0 Å². The van der Waals surface area contributed by atoms with Gasteiger partial charge in [0.25, 0.3) is 0 Å². The summed E-state index contributed by atoms with van der Waals surface area (Å²) in [5, 5.41) is 0. The first kappa shape index (κ1) is 18.7. The fourth-order valence-electron chi connectivity index (χ4n) is 2.46. The lowest BCUT2D eigenvalue weighted by Crippen LogP contribution is -2.41. The Kier molecular flexibility index (Phi) is 5.53. The first-order chi connectivity index (χ1) is 11.2. The fraction of sp³-hybridized carbons (Fsp3) is 0.500. The third kappa shape index (κ3) is 4.07. The van der Waals surface area contributed by atoms with Crippen molar-refractivity contribution in [2.45, 2.75) is 45.3 Å². The number of carbonyl (C=O) groups excluding carboxylic acids is 1. The molecule has 1 aromatic carbocycles. The maximum Gasteiger partial charge on any atom is 0.491 e. The summed E-state index contributed by atoms with van der Waals surface area (Å²) < 4.78 is 16.8. The van der Waals surface area contributed by atoms with Gasteiger partial charge in [0.15, 0.2) is 0 Å². The van der Waals surface area contributed by atoms with E-state index >= 15 is 0 Å². The molecule has 0 aliphatic carbocycles. The molecule has 0 spiro atoms. The van der Waals surface area contributed by atoms with E-state index in [-0.39, 0.29) is 12.4 Å². The van der Waals surface area contributed by atoms with E-state index < -0.39 is 18.3 Å². The number of rotatable bonds is 5. The summed E-state index contributed by atoms with van der Waals surface area (Å²) in [5.41, 5.74) is 7.81. The number of nitrogens with two attached hydrogens (primary N) is 1. The highest BCUT2D eigenvalue weighted by Gasteiger charge is 2.52. The Balaban J connectivity index is 2.22. The highest BCUT2D eigenvalue weighted by atomic mass is 16.7. The first-order valence-corrected chi connectivity index (χ1v) is 8.10. The maximum atomic E-state index is 11.4. The van der Waals surface area contributed by atoms with Crippen molar-refractivity contribution in [2.24, 2.45) is 5.73 Å². The molecule has 130 valence electrons. The van der Waals surface area contributed by atoms with Crippen LogP contribution in [0.1, 0.15) is 38.8 Å². The molecule has 1 aliphatic heterocycles. The molecule has 0 aromatic heterocycles. The summed E-state index contributed by atoms with van der Waals surface area (Å²) in [4.78, 5) is 11.4. The number of hydrogen-bond acceptors (Lipinski definition) is 5. The van der Waals surface area contributed by atoms with Gasteiger partial charge in [0, 0.05) is 6.54 Å². The van der Waals surface area contributed by atoms with Crippen molar-refractivity contribution in [3.05, 3.63) is 40.9 Å². The molecule has 1 fully saturated rings. The Labute approximate surface area is 144 Å². The van der Waals surface area contributed by atoms with E-state index in [1.54, 1.807) is 0 Å². The van der Waals surface area contributed by atoms with Crippen molar-refractivity contribution < 1.29 is 18.8 Å². The van der Waals surface area contributed by atoms with Gasteiger partial charge in [-0.2, -0.15) is 0 Å². The van der Waals surface area contributed by atoms with Gasteiger partial charge in [0.05, 0.1) is 24.7 Å². The number of esters is 1. The zero-order chi connectivity index (χ0) is 18.0. The minimum atomic E-state index is -0.468. The summed E-state index contributed by atoms with van der Waals surface area (Å²) in [6, 6.07) is 7.70. The van der Waals surface area contributed by atoms with Crippen LogP contribution in [0.25, 0.3) is 6.08 Å². The summed E-state index contributed by atoms with van der Waals surface area (Å²) in [7, 11) is 0.918. The lowest BCUT2D eigenvalue weighted by molar-refractivity contribution is -0.139. The Bertz CT molecular complexity index is 624. The van der Waals surface area contributed by atoms with E-state index in [1.165, 1.54) is 7.11 Å². The second-order valence-corrected chi connectivity index (χ2v) is 7.01. The molecule has 24 heavy (non-hydrogen) atoms. The van der Waals surface area contributed by atoms with Crippen molar-refractivity contribution in [1.82, 2.24) is 0 Å². The van der Waals surface area contributed by atoms with Crippen LogP contribution in [0.5, 0.6) is 0 Å². The van der Waals surface area contributed by atoms with Gasteiger partial charge in [-0.05, 0) is 44.3 Å². The van der Waals surface area contributed by atoms with E-state index in [9.17, 15) is 4.79 Å². The molecule has 0 saturated carbocycles. The number of carbonyl (C=O) groups is 1. The monoisotopic (exact) mass is 331 g/mol. The molecule has 1 saturated heterocycles. The van der Waals surface area contributed by atoms with Crippen molar-refractivity contribution >= 4 is 19.2 Å². The Hall–Kier alpha value is -1.63. The Morgan fingerprint density at radius 1 is 1.25 bits per heavy atom. The van der Waals surface area contributed by atoms with E-state index in [2.05, 4.69) is 0 Å². The molecule has 0 bridgehead atoms. The molecule has 1 heterocycles. The van der Waals surface area contributed by atoms with E-state index in [1.807, 2.05) is 58.0 Å². The van der Waals surface area contributed by atoms with Gasteiger partial charge < -0.3 is 19.8 Å². The topological polar surface area (TPSA) is 70.8 Å². The van der Waals surface area contributed by atoms with Gasteiger partial charge in [-0.1, -0.05) is 30.3 Å². The predicted molar refractivity (Wildman–Crippen MR) is 95.3 cm³/mol. The molecule has 0 radical (unpaired) electrons. The molecule has 5 nitrogen and oxygen atoms in total. The van der Waals surface area contributed by atoms with Crippen molar-refractivity contribution in [1.29, 1.82) is 0 Å². The van der Waals surface area contributed by atoms with Crippen LogP contribution in [0, 0.1) is 0 Å². The van der Waals surface area contributed by atoms with E-state index in [0.29, 0.717) is 6.54 Å². The normalized spacial score (nSPS) is 19.4. The SMILES string of the molecule is COC(=O)Cc1cccc(C=C(CN)B2OC(C)(C)C(C)(C)O2)c1. The molecule has 6 heteroatoms. The molecule has 1 aromatic rings. The minimum Gasteiger partial charge on any atom is -0.469 e. The molecule has 0 atom stereocenters. The van der Waals surface area contributed by atoms with Crippen molar-refractivity contribution in [3.63, 3.8) is 0 Å². The zero-order valence-corrected chi connectivity index (χ0v) is 15.1. The lowest BCUT2D eigenvalue weighted by Gasteiger charge is -2.32. The second kappa shape index (κ2) is 7.09. The average molecular weight is 331 g/mol. The second-order valence-electron chi connectivity index (χ2n) is 7.01. The molecule has 1 aliphatic rings. The summed E-state index contributed by atoms with van der Waals surface area (Å²) >= 11 is 0. The quantitative estimate of drug-likeness (QED) is 0.663. The highest BCUT2D eigenvalue weighted by Crippen LogP contribution is 2.38. The standard InChI is InChI=1S/C18H26BNO4/c1-17(2)18(3,4)24-19(23-17)15(12-20)10-13-7-6-8-14(9-13)11-16(21)22-5/h6-10H,11-12,20H2,1-5H3. The number of ether oxygens (including phenoxy) is 1. The molecule has 0 amide bonds. The van der Waals surface area contributed by atoms with Crippen LogP contribution in [-0.2, 0) is 25.3 Å². The average Bonchev–Trinajstić information content (AvgIpc) is 2.73. The fourth-order valence-corrected chi connectivity index (χ4v) is 2.46. The number of benzene rings is 1. The molecule has 2 N–H and O–H groups in total. The van der Waals surface area contributed by atoms with Crippen LogP contribution < -0.4 is 5.73 Å². The third-order valence-electron chi connectivity index (χ3n) is 4.67. The van der Waals surface area contributed by atoms with E-state index in [4.69, 9.17) is 19.8 Å².